The van der Waals surface area contributed by atoms with Crippen molar-refractivity contribution in [2.45, 2.75) is 39.2 Å². The van der Waals surface area contributed by atoms with Crippen LogP contribution in [0.5, 0.6) is 0 Å². The number of aryl methyl sites for hydroxylation is 1. The Bertz CT molecular complexity index is 606. The zero-order valence-corrected chi connectivity index (χ0v) is 16.9. The van der Waals surface area contributed by atoms with Crippen LogP contribution in [-0.2, 0) is 11.3 Å². The van der Waals surface area contributed by atoms with Crippen LogP contribution in [0.2, 0.25) is 0 Å². The molecule has 2 saturated heterocycles. The van der Waals surface area contributed by atoms with Gasteiger partial charge in [0, 0.05) is 32.7 Å². The molecule has 3 aliphatic rings. The number of piperazine rings is 1. The van der Waals surface area contributed by atoms with Crippen LogP contribution in [-0.4, -0.2) is 65.1 Å². The molecule has 0 radical (unpaired) electrons. The third-order valence-electron chi connectivity index (χ3n) is 6.05. The maximum Gasteiger partial charge on any atom is 0.240 e. The molecular formula is C17H29Cl2N5O2. The van der Waals surface area contributed by atoms with Crippen molar-refractivity contribution in [3.8, 4) is 0 Å². The summed E-state index contributed by atoms with van der Waals surface area (Å²) in [5.74, 6) is 2.27. The second-order valence-corrected chi connectivity index (χ2v) is 7.53. The summed E-state index contributed by atoms with van der Waals surface area (Å²) in [5.41, 5.74) is -0.121. The fourth-order valence-corrected chi connectivity index (χ4v) is 4.69. The van der Waals surface area contributed by atoms with Gasteiger partial charge in [-0.05, 0) is 32.2 Å². The molecule has 0 spiro atoms. The molecule has 1 aromatic rings. The molecule has 1 aromatic heterocycles. The number of carbonyl (C=O) groups excluding carboxylic acids is 1. The number of rotatable bonds is 3. The maximum atomic E-state index is 13.3. The van der Waals surface area contributed by atoms with Gasteiger partial charge in [0.2, 0.25) is 11.8 Å². The van der Waals surface area contributed by atoms with Gasteiger partial charge in [-0.3, -0.25) is 9.69 Å². The summed E-state index contributed by atoms with van der Waals surface area (Å²) in [7, 11) is 0. The lowest BCUT2D eigenvalue weighted by Gasteiger charge is -2.43. The minimum Gasteiger partial charge on any atom is -0.340 e. The molecule has 2 aliphatic heterocycles. The topological polar surface area (TPSA) is 74.5 Å². The highest BCUT2D eigenvalue weighted by molar-refractivity contribution is 5.85. The molecule has 0 unspecified atom stereocenters. The second kappa shape index (κ2) is 8.87. The number of carbonyl (C=O) groups is 1. The summed E-state index contributed by atoms with van der Waals surface area (Å²) in [4.78, 5) is 21.9. The van der Waals surface area contributed by atoms with Gasteiger partial charge in [-0.25, -0.2) is 0 Å². The molecule has 1 saturated carbocycles. The number of halogens is 2. The van der Waals surface area contributed by atoms with Gasteiger partial charge in [0.05, 0.1) is 12.0 Å². The van der Waals surface area contributed by atoms with Crippen molar-refractivity contribution in [3.05, 3.63) is 11.7 Å². The molecule has 26 heavy (non-hydrogen) atoms. The average molecular weight is 406 g/mol. The first-order valence-corrected chi connectivity index (χ1v) is 9.19. The third-order valence-corrected chi connectivity index (χ3v) is 6.05. The molecule has 9 heteroatoms. The van der Waals surface area contributed by atoms with Crippen molar-refractivity contribution < 1.29 is 9.32 Å². The Balaban J connectivity index is 0.00000121. The monoisotopic (exact) mass is 405 g/mol. The lowest BCUT2D eigenvalue weighted by atomic mass is 9.67. The van der Waals surface area contributed by atoms with E-state index in [-0.39, 0.29) is 30.2 Å². The van der Waals surface area contributed by atoms with Crippen molar-refractivity contribution in [2.75, 3.05) is 39.3 Å². The normalized spacial score (nSPS) is 28.8. The molecule has 3 heterocycles. The molecule has 2 atom stereocenters. The minimum atomic E-state index is -0.121. The van der Waals surface area contributed by atoms with Crippen LogP contribution in [0.25, 0.3) is 0 Å². The number of hydrogen-bond acceptors (Lipinski definition) is 6. The highest BCUT2D eigenvalue weighted by Gasteiger charge is 2.51. The van der Waals surface area contributed by atoms with Crippen molar-refractivity contribution in [1.82, 2.24) is 25.3 Å². The summed E-state index contributed by atoms with van der Waals surface area (Å²) in [6, 6.07) is 0. The molecule has 7 nitrogen and oxygen atoms in total. The van der Waals surface area contributed by atoms with E-state index in [1.165, 1.54) is 19.3 Å². The molecule has 3 fully saturated rings. The van der Waals surface area contributed by atoms with Gasteiger partial charge in [0.25, 0.3) is 0 Å². The zero-order chi connectivity index (χ0) is 16.6. The van der Waals surface area contributed by atoms with Crippen molar-refractivity contribution >= 4 is 30.7 Å². The summed E-state index contributed by atoms with van der Waals surface area (Å²) >= 11 is 0. The lowest BCUT2D eigenvalue weighted by Crippen LogP contribution is -2.55. The van der Waals surface area contributed by atoms with E-state index in [2.05, 4.69) is 25.3 Å². The van der Waals surface area contributed by atoms with Crippen molar-refractivity contribution in [3.63, 3.8) is 0 Å². The largest absolute Gasteiger partial charge is 0.340 e. The Morgan fingerprint density at radius 1 is 1.27 bits per heavy atom. The predicted octanol–water partition coefficient (Wildman–Crippen LogP) is 1.65. The molecule has 0 bridgehead atoms. The van der Waals surface area contributed by atoms with Crippen molar-refractivity contribution in [2.24, 2.45) is 11.3 Å². The van der Waals surface area contributed by atoms with Gasteiger partial charge < -0.3 is 14.7 Å². The summed E-state index contributed by atoms with van der Waals surface area (Å²) < 4.78 is 5.20. The molecule has 0 aromatic carbocycles. The van der Waals surface area contributed by atoms with E-state index in [0.29, 0.717) is 30.1 Å². The lowest BCUT2D eigenvalue weighted by molar-refractivity contribution is -0.147. The van der Waals surface area contributed by atoms with Crippen molar-refractivity contribution in [1.29, 1.82) is 0 Å². The maximum absolute atomic E-state index is 13.3. The van der Waals surface area contributed by atoms with Crippen LogP contribution in [0.3, 0.4) is 0 Å². The first kappa shape index (κ1) is 21.4. The molecule has 1 amide bonds. The smallest absolute Gasteiger partial charge is 0.240 e. The Morgan fingerprint density at radius 3 is 2.73 bits per heavy atom. The average Bonchev–Trinajstić information content (AvgIpc) is 3.21. The molecule has 1 aliphatic carbocycles. The van der Waals surface area contributed by atoms with Gasteiger partial charge in [-0.1, -0.05) is 18.0 Å². The molecule has 4 rings (SSSR count). The van der Waals surface area contributed by atoms with Gasteiger partial charge in [0.1, 0.15) is 0 Å². The second-order valence-electron chi connectivity index (χ2n) is 7.53. The van der Waals surface area contributed by atoms with Gasteiger partial charge in [-0.15, -0.1) is 24.8 Å². The Labute approximate surface area is 167 Å². The number of fused-ring (bicyclic) bond motifs is 1. The van der Waals surface area contributed by atoms with E-state index in [1.54, 1.807) is 0 Å². The SMILES string of the molecule is Cc1noc(CN2CCN(C(=O)[C@@]34CCCC[C@H]3CNC4)CC2)n1.Cl.Cl. The van der Waals surface area contributed by atoms with Crippen LogP contribution in [0.1, 0.15) is 37.4 Å². The van der Waals surface area contributed by atoms with Gasteiger partial charge in [0.15, 0.2) is 5.82 Å². The summed E-state index contributed by atoms with van der Waals surface area (Å²) in [6.07, 6.45) is 4.74. The van der Waals surface area contributed by atoms with E-state index in [1.807, 2.05) is 6.92 Å². The van der Waals surface area contributed by atoms with Crippen LogP contribution >= 0.6 is 24.8 Å². The first-order valence-electron chi connectivity index (χ1n) is 9.19. The quantitative estimate of drug-likeness (QED) is 0.823. The standard InChI is InChI=1S/C17H27N5O2.2ClH/c1-13-19-15(24-20-13)11-21-6-8-22(9-7-21)16(23)17-5-3-2-4-14(17)10-18-12-17;;/h14,18H,2-12H2,1H3;2*1H/t14-,17+;;/m0../s1. The summed E-state index contributed by atoms with van der Waals surface area (Å²) in [5, 5.41) is 7.32. The van der Waals surface area contributed by atoms with Gasteiger partial charge in [-0.2, -0.15) is 4.98 Å². The van der Waals surface area contributed by atoms with E-state index in [0.717, 1.165) is 45.7 Å². The summed E-state index contributed by atoms with van der Waals surface area (Å²) in [6.45, 7) is 7.76. The Hall–Kier alpha value is -0.890. The zero-order valence-electron chi connectivity index (χ0n) is 15.3. The predicted molar refractivity (Wildman–Crippen MR) is 103 cm³/mol. The van der Waals surface area contributed by atoms with E-state index >= 15 is 0 Å². The first-order chi connectivity index (χ1) is 11.7. The van der Waals surface area contributed by atoms with Gasteiger partial charge >= 0.3 is 0 Å². The molecular weight excluding hydrogens is 377 g/mol. The van der Waals surface area contributed by atoms with Crippen LogP contribution in [0, 0.1) is 18.3 Å². The molecule has 148 valence electrons. The van der Waals surface area contributed by atoms with E-state index in [4.69, 9.17) is 4.52 Å². The number of nitrogens with one attached hydrogen (secondary N) is 1. The van der Waals surface area contributed by atoms with Crippen LogP contribution in [0.15, 0.2) is 4.52 Å². The number of nitrogens with zero attached hydrogens (tertiary/aromatic N) is 4. The molecule has 1 N–H and O–H groups in total. The number of hydrogen-bond donors (Lipinski definition) is 1. The van der Waals surface area contributed by atoms with E-state index < -0.39 is 0 Å². The Morgan fingerprint density at radius 2 is 2.04 bits per heavy atom. The fourth-order valence-electron chi connectivity index (χ4n) is 4.69. The number of amides is 1. The van der Waals surface area contributed by atoms with Crippen LogP contribution in [0.4, 0.5) is 0 Å². The highest BCUT2D eigenvalue weighted by atomic mass is 35.5. The van der Waals surface area contributed by atoms with Crippen LogP contribution < -0.4 is 5.32 Å². The third kappa shape index (κ3) is 4.01. The highest BCUT2D eigenvalue weighted by Crippen LogP contribution is 2.45. The van der Waals surface area contributed by atoms with E-state index in [9.17, 15) is 4.79 Å². The number of aromatic nitrogens is 2. The minimum absolute atomic E-state index is 0. The fraction of sp³-hybridized carbons (Fsp3) is 0.824. The Kier molecular flexibility index (Phi) is 7.30.